The Morgan fingerprint density at radius 3 is 2.76 bits per heavy atom. The summed E-state index contributed by atoms with van der Waals surface area (Å²) < 4.78 is 5.12. The number of hydrogen-bond acceptors (Lipinski definition) is 3. The predicted molar refractivity (Wildman–Crippen MR) is 69.9 cm³/mol. The number of nitrogens with one attached hydrogen (secondary N) is 1. The van der Waals surface area contributed by atoms with Crippen LogP contribution in [-0.4, -0.2) is 24.7 Å². The summed E-state index contributed by atoms with van der Waals surface area (Å²) in [5, 5.41) is 3.62. The van der Waals surface area contributed by atoms with Crippen LogP contribution in [0.25, 0.3) is 0 Å². The maximum Gasteiger partial charge on any atom is 0.307 e. The lowest BCUT2D eigenvalue weighted by Crippen LogP contribution is -2.53. The zero-order chi connectivity index (χ0) is 12.7. The van der Waals surface area contributed by atoms with E-state index in [4.69, 9.17) is 4.74 Å². The first-order valence-electron chi connectivity index (χ1n) is 7.05. The molecule has 0 bridgehead atoms. The third-order valence-electron chi connectivity index (χ3n) is 3.95. The fourth-order valence-electron chi connectivity index (χ4n) is 2.84. The van der Waals surface area contributed by atoms with Crippen molar-refractivity contribution in [3.05, 3.63) is 0 Å². The molecule has 1 fully saturated rings. The van der Waals surface area contributed by atoms with Gasteiger partial charge in [-0.05, 0) is 38.6 Å². The molecule has 1 aliphatic rings. The standard InChI is InChI=1S/C14H27NO2/c1-4-10-15-14(11-13(16)17-5-2)9-7-6-8-12(14)3/h12,15H,4-11H2,1-3H3. The summed E-state index contributed by atoms with van der Waals surface area (Å²) in [4.78, 5) is 11.8. The molecule has 17 heavy (non-hydrogen) atoms. The van der Waals surface area contributed by atoms with Gasteiger partial charge in [0, 0.05) is 5.54 Å². The molecule has 0 heterocycles. The lowest BCUT2D eigenvalue weighted by atomic mass is 9.71. The third-order valence-corrected chi connectivity index (χ3v) is 3.95. The van der Waals surface area contributed by atoms with Crippen molar-refractivity contribution in [2.24, 2.45) is 5.92 Å². The molecule has 1 N–H and O–H groups in total. The van der Waals surface area contributed by atoms with E-state index in [0.29, 0.717) is 18.9 Å². The average molecular weight is 241 g/mol. The van der Waals surface area contributed by atoms with E-state index in [2.05, 4.69) is 19.2 Å². The molecule has 1 saturated carbocycles. The van der Waals surface area contributed by atoms with Crippen molar-refractivity contribution in [3.63, 3.8) is 0 Å². The lowest BCUT2D eigenvalue weighted by Gasteiger charge is -2.43. The van der Waals surface area contributed by atoms with Gasteiger partial charge in [-0.3, -0.25) is 4.79 Å². The second kappa shape index (κ2) is 7.00. The van der Waals surface area contributed by atoms with Crippen LogP contribution in [0.15, 0.2) is 0 Å². The molecule has 0 spiro atoms. The highest BCUT2D eigenvalue weighted by Gasteiger charge is 2.39. The third kappa shape index (κ3) is 3.98. The monoisotopic (exact) mass is 241 g/mol. The number of esters is 1. The fourth-order valence-corrected chi connectivity index (χ4v) is 2.84. The van der Waals surface area contributed by atoms with Gasteiger partial charge in [-0.25, -0.2) is 0 Å². The van der Waals surface area contributed by atoms with Crippen LogP contribution in [0.3, 0.4) is 0 Å². The van der Waals surface area contributed by atoms with Gasteiger partial charge in [0.2, 0.25) is 0 Å². The largest absolute Gasteiger partial charge is 0.466 e. The summed E-state index contributed by atoms with van der Waals surface area (Å²) in [6.07, 6.45) is 6.47. The Hall–Kier alpha value is -0.570. The molecule has 1 rings (SSSR count). The molecular weight excluding hydrogens is 214 g/mol. The van der Waals surface area contributed by atoms with Crippen LogP contribution < -0.4 is 5.32 Å². The molecule has 0 aromatic heterocycles. The summed E-state index contributed by atoms with van der Waals surface area (Å²) >= 11 is 0. The Labute approximate surface area is 105 Å². The van der Waals surface area contributed by atoms with E-state index in [0.717, 1.165) is 19.4 Å². The van der Waals surface area contributed by atoms with Crippen LogP contribution in [0.2, 0.25) is 0 Å². The zero-order valence-corrected chi connectivity index (χ0v) is 11.6. The summed E-state index contributed by atoms with van der Waals surface area (Å²) in [6.45, 7) is 7.77. The first kappa shape index (κ1) is 14.5. The van der Waals surface area contributed by atoms with Gasteiger partial charge in [0.05, 0.1) is 13.0 Å². The summed E-state index contributed by atoms with van der Waals surface area (Å²) in [7, 11) is 0. The minimum Gasteiger partial charge on any atom is -0.466 e. The van der Waals surface area contributed by atoms with Crippen LogP contribution >= 0.6 is 0 Å². The molecule has 2 atom stereocenters. The van der Waals surface area contributed by atoms with Gasteiger partial charge < -0.3 is 10.1 Å². The molecule has 100 valence electrons. The molecule has 3 heteroatoms. The van der Waals surface area contributed by atoms with Crippen molar-refractivity contribution in [2.75, 3.05) is 13.2 Å². The Balaban J connectivity index is 2.66. The quantitative estimate of drug-likeness (QED) is 0.727. The summed E-state index contributed by atoms with van der Waals surface area (Å²) in [6, 6.07) is 0. The van der Waals surface area contributed by atoms with Gasteiger partial charge in [0.15, 0.2) is 0 Å². The van der Waals surface area contributed by atoms with Crippen molar-refractivity contribution < 1.29 is 9.53 Å². The van der Waals surface area contributed by atoms with Crippen molar-refractivity contribution in [1.29, 1.82) is 0 Å². The van der Waals surface area contributed by atoms with E-state index >= 15 is 0 Å². The summed E-state index contributed by atoms with van der Waals surface area (Å²) in [5.41, 5.74) is -0.0134. The topological polar surface area (TPSA) is 38.3 Å². The first-order chi connectivity index (χ1) is 8.14. The highest BCUT2D eigenvalue weighted by Crippen LogP contribution is 2.36. The van der Waals surface area contributed by atoms with Crippen LogP contribution in [-0.2, 0) is 9.53 Å². The second-order valence-corrected chi connectivity index (χ2v) is 5.21. The maximum atomic E-state index is 11.8. The number of carbonyl (C=O) groups is 1. The highest BCUT2D eigenvalue weighted by atomic mass is 16.5. The minimum absolute atomic E-state index is 0.0134. The SMILES string of the molecule is CCCNC1(CC(=O)OCC)CCCCC1C. The van der Waals surface area contributed by atoms with E-state index in [1.54, 1.807) is 0 Å². The van der Waals surface area contributed by atoms with E-state index < -0.39 is 0 Å². The predicted octanol–water partition coefficient (Wildman–Crippen LogP) is 2.89. The Morgan fingerprint density at radius 1 is 1.41 bits per heavy atom. The number of carbonyl (C=O) groups excluding carboxylic acids is 1. The molecule has 2 unspecified atom stereocenters. The van der Waals surface area contributed by atoms with Crippen LogP contribution in [0.5, 0.6) is 0 Å². The van der Waals surface area contributed by atoms with Gasteiger partial charge in [0.1, 0.15) is 0 Å². The number of hydrogen-bond donors (Lipinski definition) is 1. The maximum absolute atomic E-state index is 11.8. The Bertz CT molecular complexity index is 242. The van der Waals surface area contributed by atoms with Crippen molar-refractivity contribution >= 4 is 5.97 Å². The van der Waals surface area contributed by atoms with Crippen LogP contribution in [0, 0.1) is 5.92 Å². The molecule has 3 nitrogen and oxygen atoms in total. The van der Waals surface area contributed by atoms with Crippen molar-refractivity contribution in [2.45, 2.75) is 64.8 Å². The molecule has 0 aliphatic heterocycles. The number of ether oxygens (including phenoxy) is 1. The van der Waals surface area contributed by atoms with Crippen molar-refractivity contribution in [1.82, 2.24) is 5.32 Å². The second-order valence-electron chi connectivity index (χ2n) is 5.21. The van der Waals surface area contributed by atoms with Crippen LogP contribution in [0.1, 0.15) is 59.3 Å². The minimum atomic E-state index is -0.0511. The average Bonchev–Trinajstić information content (AvgIpc) is 2.30. The Kier molecular flexibility index (Phi) is 5.96. The molecule has 1 aliphatic carbocycles. The van der Waals surface area contributed by atoms with E-state index in [1.807, 2.05) is 6.92 Å². The van der Waals surface area contributed by atoms with Gasteiger partial charge in [-0.15, -0.1) is 0 Å². The zero-order valence-electron chi connectivity index (χ0n) is 11.6. The van der Waals surface area contributed by atoms with Gasteiger partial charge in [-0.2, -0.15) is 0 Å². The van der Waals surface area contributed by atoms with E-state index in [-0.39, 0.29) is 11.5 Å². The molecule has 0 saturated heterocycles. The van der Waals surface area contributed by atoms with Crippen molar-refractivity contribution in [3.8, 4) is 0 Å². The molecule has 0 amide bonds. The smallest absolute Gasteiger partial charge is 0.307 e. The molecule has 0 aromatic carbocycles. The number of rotatable bonds is 6. The summed E-state index contributed by atoms with van der Waals surface area (Å²) in [5.74, 6) is 0.511. The van der Waals surface area contributed by atoms with Crippen LogP contribution in [0.4, 0.5) is 0 Å². The van der Waals surface area contributed by atoms with Gasteiger partial charge in [-0.1, -0.05) is 26.7 Å². The van der Waals surface area contributed by atoms with E-state index in [1.165, 1.54) is 19.3 Å². The Morgan fingerprint density at radius 2 is 2.18 bits per heavy atom. The molecule has 0 aromatic rings. The molecular formula is C14H27NO2. The van der Waals surface area contributed by atoms with Gasteiger partial charge >= 0.3 is 5.97 Å². The molecule has 0 radical (unpaired) electrons. The fraction of sp³-hybridized carbons (Fsp3) is 0.929. The normalized spacial score (nSPS) is 29.0. The lowest BCUT2D eigenvalue weighted by molar-refractivity contribution is -0.146. The highest BCUT2D eigenvalue weighted by molar-refractivity contribution is 5.71. The first-order valence-corrected chi connectivity index (χ1v) is 7.05. The van der Waals surface area contributed by atoms with E-state index in [9.17, 15) is 4.79 Å². The van der Waals surface area contributed by atoms with Gasteiger partial charge in [0.25, 0.3) is 0 Å².